The maximum atomic E-state index is 5.83. The highest BCUT2D eigenvalue weighted by Crippen LogP contribution is 2.31. The highest BCUT2D eigenvalue weighted by molar-refractivity contribution is 5.47. The van der Waals surface area contributed by atoms with Gasteiger partial charge in [0.15, 0.2) is 0 Å². The van der Waals surface area contributed by atoms with E-state index in [9.17, 15) is 0 Å². The van der Waals surface area contributed by atoms with Gasteiger partial charge in [0.2, 0.25) is 0 Å². The fraction of sp³-hybridized carbons (Fsp3) is 0.200. The number of ether oxygens (including phenoxy) is 4. The van der Waals surface area contributed by atoms with Crippen LogP contribution in [-0.4, -0.2) is 24.2 Å². The van der Waals surface area contributed by atoms with E-state index in [1.807, 2.05) is 12.1 Å². The van der Waals surface area contributed by atoms with Crippen LogP contribution in [0.4, 0.5) is 0 Å². The summed E-state index contributed by atoms with van der Waals surface area (Å²) in [6.07, 6.45) is 6.75. The summed E-state index contributed by atoms with van der Waals surface area (Å²) in [6.45, 7) is 0.680. The predicted octanol–water partition coefficient (Wildman–Crippen LogP) is 3.65. The zero-order chi connectivity index (χ0) is 18.2. The summed E-state index contributed by atoms with van der Waals surface area (Å²) in [4.78, 5) is 7.97. The molecular weight excluding hydrogens is 332 g/mol. The first-order valence-corrected chi connectivity index (χ1v) is 8.09. The van der Waals surface area contributed by atoms with Crippen LogP contribution >= 0.6 is 0 Å². The lowest BCUT2D eigenvalue weighted by Gasteiger charge is -2.17. The van der Waals surface area contributed by atoms with Crippen LogP contribution in [0, 0.1) is 0 Å². The van der Waals surface area contributed by atoms with E-state index in [2.05, 4.69) is 9.97 Å². The van der Waals surface area contributed by atoms with E-state index in [0.29, 0.717) is 24.7 Å². The molecule has 0 saturated heterocycles. The van der Waals surface area contributed by atoms with Crippen molar-refractivity contribution in [2.24, 2.45) is 0 Å². The Morgan fingerprint density at radius 3 is 1.50 bits per heavy atom. The molecule has 3 aromatic rings. The van der Waals surface area contributed by atoms with E-state index in [0.717, 1.165) is 22.6 Å². The Hall–Kier alpha value is -3.28. The molecule has 6 nitrogen and oxygen atoms in total. The predicted molar refractivity (Wildman–Crippen MR) is 96.7 cm³/mol. The number of pyridine rings is 2. The molecular formula is C20H20N2O4. The molecule has 134 valence electrons. The van der Waals surface area contributed by atoms with Gasteiger partial charge in [-0.15, -0.1) is 0 Å². The molecule has 0 atom stereocenters. The Bertz CT molecular complexity index is 761. The second-order valence-electron chi connectivity index (χ2n) is 5.42. The number of aromatic nitrogens is 2. The molecule has 2 heterocycles. The van der Waals surface area contributed by atoms with Crippen LogP contribution in [0.15, 0.2) is 61.2 Å². The molecule has 26 heavy (non-hydrogen) atoms. The number of hydrogen-bond donors (Lipinski definition) is 0. The molecule has 0 bridgehead atoms. The minimum atomic E-state index is 0.340. The molecule has 0 saturated carbocycles. The molecule has 0 radical (unpaired) electrons. The Labute approximate surface area is 152 Å². The van der Waals surface area contributed by atoms with Gasteiger partial charge in [-0.1, -0.05) is 0 Å². The van der Waals surface area contributed by atoms with Gasteiger partial charge in [0.1, 0.15) is 36.2 Å². The summed E-state index contributed by atoms with van der Waals surface area (Å²) in [5.74, 6) is 2.90. The monoisotopic (exact) mass is 352 g/mol. The molecule has 0 amide bonds. The Morgan fingerprint density at radius 2 is 1.12 bits per heavy atom. The van der Waals surface area contributed by atoms with E-state index in [1.54, 1.807) is 63.3 Å². The molecule has 3 rings (SSSR count). The van der Waals surface area contributed by atoms with Crippen LogP contribution in [0.5, 0.6) is 23.0 Å². The summed E-state index contributed by atoms with van der Waals surface area (Å²) < 4.78 is 22.7. The third-order valence-electron chi connectivity index (χ3n) is 3.74. The molecule has 0 aliphatic rings. The first-order chi connectivity index (χ1) is 12.8. The van der Waals surface area contributed by atoms with Crippen molar-refractivity contribution in [1.82, 2.24) is 9.97 Å². The molecule has 6 heteroatoms. The number of nitrogens with zero attached hydrogens (tertiary/aromatic N) is 2. The van der Waals surface area contributed by atoms with Crippen LogP contribution in [0.3, 0.4) is 0 Å². The molecule has 0 N–H and O–H groups in total. The summed E-state index contributed by atoms with van der Waals surface area (Å²) >= 11 is 0. The second kappa shape index (κ2) is 8.71. The van der Waals surface area contributed by atoms with E-state index in [4.69, 9.17) is 18.9 Å². The molecule has 0 spiro atoms. The summed E-state index contributed by atoms with van der Waals surface area (Å²) in [5, 5.41) is 0. The van der Waals surface area contributed by atoms with Crippen LogP contribution in [0.2, 0.25) is 0 Å². The molecule has 2 aromatic heterocycles. The van der Waals surface area contributed by atoms with Crippen molar-refractivity contribution in [3.63, 3.8) is 0 Å². The van der Waals surface area contributed by atoms with Gasteiger partial charge in [0.05, 0.1) is 14.2 Å². The molecule has 0 aliphatic heterocycles. The van der Waals surface area contributed by atoms with Crippen molar-refractivity contribution in [2.75, 3.05) is 14.2 Å². The Kier molecular flexibility index (Phi) is 5.88. The molecule has 1 aromatic carbocycles. The average Bonchev–Trinajstić information content (AvgIpc) is 2.71. The van der Waals surface area contributed by atoms with Crippen molar-refractivity contribution in [2.45, 2.75) is 13.2 Å². The van der Waals surface area contributed by atoms with Gasteiger partial charge in [0.25, 0.3) is 0 Å². The van der Waals surface area contributed by atoms with Crippen LogP contribution < -0.4 is 18.9 Å². The Balaban J connectivity index is 1.81. The minimum absolute atomic E-state index is 0.340. The van der Waals surface area contributed by atoms with Crippen molar-refractivity contribution >= 4 is 0 Å². The number of hydrogen-bond acceptors (Lipinski definition) is 6. The van der Waals surface area contributed by atoms with E-state index in [-0.39, 0.29) is 0 Å². The first-order valence-electron chi connectivity index (χ1n) is 8.09. The minimum Gasteiger partial charge on any atom is -0.497 e. The van der Waals surface area contributed by atoms with E-state index in [1.165, 1.54) is 0 Å². The normalized spacial score (nSPS) is 10.2. The van der Waals surface area contributed by atoms with Gasteiger partial charge < -0.3 is 18.9 Å². The smallest absolute Gasteiger partial charge is 0.132 e. The zero-order valence-electron chi connectivity index (χ0n) is 14.7. The third-order valence-corrected chi connectivity index (χ3v) is 3.74. The SMILES string of the molecule is COc1cc(COc2ccncc2)c(OC)c(COc2ccncc2)c1. The first kappa shape index (κ1) is 17.5. The third kappa shape index (κ3) is 4.42. The lowest BCUT2D eigenvalue weighted by Crippen LogP contribution is -2.05. The highest BCUT2D eigenvalue weighted by atomic mass is 16.5. The fourth-order valence-corrected chi connectivity index (χ4v) is 2.51. The second-order valence-corrected chi connectivity index (χ2v) is 5.42. The van der Waals surface area contributed by atoms with Crippen molar-refractivity contribution in [1.29, 1.82) is 0 Å². The van der Waals surface area contributed by atoms with E-state index >= 15 is 0 Å². The summed E-state index contributed by atoms with van der Waals surface area (Å²) in [6, 6.07) is 11.0. The molecule has 0 aliphatic carbocycles. The van der Waals surface area contributed by atoms with Gasteiger partial charge in [-0.3, -0.25) is 9.97 Å². The highest BCUT2D eigenvalue weighted by Gasteiger charge is 2.14. The van der Waals surface area contributed by atoms with Gasteiger partial charge in [-0.25, -0.2) is 0 Å². The van der Waals surface area contributed by atoms with Crippen molar-refractivity contribution < 1.29 is 18.9 Å². The zero-order valence-corrected chi connectivity index (χ0v) is 14.7. The quantitative estimate of drug-likeness (QED) is 0.617. The summed E-state index contributed by atoms with van der Waals surface area (Å²) in [5.41, 5.74) is 1.74. The van der Waals surface area contributed by atoms with Gasteiger partial charge >= 0.3 is 0 Å². The van der Waals surface area contributed by atoms with E-state index < -0.39 is 0 Å². The van der Waals surface area contributed by atoms with Gasteiger partial charge in [-0.05, 0) is 36.4 Å². The summed E-state index contributed by atoms with van der Waals surface area (Å²) in [7, 11) is 3.26. The van der Waals surface area contributed by atoms with Gasteiger partial charge in [0, 0.05) is 35.9 Å². The fourth-order valence-electron chi connectivity index (χ4n) is 2.51. The largest absolute Gasteiger partial charge is 0.497 e. The lowest BCUT2D eigenvalue weighted by atomic mass is 10.1. The molecule has 0 fully saturated rings. The maximum absolute atomic E-state index is 5.83. The number of rotatable bonds is 8. The number of benzene rings is 1. The van der Waals surface area contributed by atoms with Gasteiger partial charge in [-0.2, -0.15) is 0 Å². The lowest BCUT2D eigenvalue weighted by molar-refractivity contribution is 0.281. The van der Waals surface area contributed by atoms with Crippen LogP contribution in [0.25, 0.3) is 0 Å². The maximum Gasteiger partial charge on any atom is 0.132 e. The van der Waals surface area contributed by atoms with Crippen LogP contribution in [0.1, 0.15) is 11.1 Å². The topological polar surface area (TPSA) is 62.7 Å². The average molecular weight is 352 g/mol. The Morgan fingerprint density at radius 1 is 0.654 bits per heavy atom. The standard InChI is InChI=1S/C20H20N2O4/c1-23-19-11-15(13-25-17-3-7-21-8-4-17)20(24-2)16(12-19)14-26-18-5-9-22-10-6-18/h3-12H,13-14H2,1-2H3. The van der Waals surface area contributed by atoms with Crippen molar-refractivity contribution in [3.8, 4) is 23.0 Å². The molecule has 0 unspecified atom stereocenters. The van der Waals surface area contributed by atoms with Crippen molar-refractivity contribution in [3.05, 3.63) is 72.3 Å². The van der Waals surface area contributed by atoms with Crippen LogP contribution in [-0.2, 0) is 13.2 Å². The number of methoxy groups -OCH3 is 2.